The molecule has 0 saturated carbocycles. The number of Topliss-reactive ketones (excluding diaryl/α,β-unsaturated/α-hetero) is 1. The van der Waals surface area contributed by atoms with Gasteiger partial charge < -0.3 is 4.90 Å². The molecule has 0 amide bonds. The summed E-state index contributed by atoms with van der Waals surface area (Å²) in [4.78, 5) is 13.5. The summed E-state index contributed by atoms with van der Waals surface area (Å²) in [5, 5.41) is 0. The Bertz CT molecular complexity index is 423. The smallest absolute Gasteiger partial charge is 0.131 e. The first-order chi connectivity index (χ1) is 8.08. The second-order valence-corrected chi connectivity index (χ2v) is 5.27. The molecular weight excluding hydrogens is 210 g/mol. The largest absolute Gasteiger partial charge is 0.302 e. The lowest BCUT2D eigenvalue weighted by Gasteiger charge is -2.24. The highest BCUT2D eigenvalue weighted by atomic mass is 16.1. The molecule has 0 aliphatic heterocycles. The Balaban J connectivity index is 2.27. The summed E-state index contributed by atoms with van der Waals surface area (Å²) in [6.45, 7) is 1.67. The van der Waals surface area contributed by atoms with Crippen LogP contribution in [0.1, 0.15) is 42.5 Å². The number of hydrogen-bond donors (Lipinski definition) is 0. The maximum Gasteiger partial charge on any atom is 0.131 e. The van der Waals surface area contributed by atoms with Crippen molar-refractivity contribution in [2.24, 2.45) is 0 Å². The highest BCUT2D eigenvalue weighted by Crippen LogP contribution is 2.28. The van der Waals surface area contributed by atoms with Crippen molar-refractivity contribution in [1.82, 2.24) is 4.90 Å². The lowest BCUT2D eigenvalue weighted by atomic mass is 9.97. The number of aryl methyl sites for hydroxylation is 2. The molecule has 1 aliphatic rings. The Morgan fingerprint density at radius 2 is 2.00 bits per heavy atom. The predicted octanol–water partition coefficient (Wildman–Crippen LogP) is 2.76. The third-order valence-corrected chi connectivity index (χ3v) is 3.61. The van der Waals surface area contributed by atoms with Crippen molar-refractivity contribution in [2.45, 2.75) is 38.6 Å². The molecule has 0 fully saturated rings. The van der Waals surface area contributed by atoms with Gasteiger partial charge in [0.05, 0.1) is 0 Å². The van der Waals surface area contributed by atoms with E-state index in [0.717, 1.165) is 0 Å². The Kier molecular flexibility index (Phi) is 3.63. The minimum atomic E-state index is 0.221. The Hall–Kier alpha value is -1.15. The fourth-order valence-corrected chi connectivity index (χ4v) is 2.67. The molecule has 1 aromatic carbocycles. The molecular formula is C15H21NO. The van der Waals surface area contributed by atoms with Crippen molar-refractivity contribution in [2.75, 3.05) is 14.1 Å². The van der Waals surface area contributed by atoms with E-state index in [9.17, 15) is 4.79 Å². The quantitative estimate of drug-likeness (QED) is 0.794. The highest BCUT2D eigenvalue weighted by Gasteiger charge is 2.19. The molecule has 2 heteroatoms. The number of fused-ring (bicyclic) bond motifs is 1. The molecule has 0 heterocycles. The minimum absolute atomic E-state index is 0.221. The van der Waals surface area contributed by atoms with Crippen LogP contribution >= 0.6 is 0 Å². The van der Waals surface area contributed by atoms with Crippen molar-refractivity contribution in [3.05, 3.63) is 34.9 Å². The van der Waals surface area contributed by atoms with Crippen LogP contribution in [-0.2, 0) is 17.6 Å². The van der Waals surface area contributed by atoms with Crippen molar-refractivity contribution in [3.8, 4) is 0 Å². The molecule has 0 saturated heterocycles. The van der Waals surface area contributed by atoms with E-state index in [-0.39, 0.29) is 11.8 Å². The van der Waals surface area contributed by atoms with Crippen LogP contribution in [0.4, 0.5) is 0 Å². The molecule has 0 aromatic heterocycles. The van der Waals surface area contributed by atoms with Gasteiger partial charge >= 0.3 is 0 Å². The first kappa shape index (κ1) is 12.3. The van der Waals surface area contributed by atoms with E-state index >= 15 is 0 Å². The number of carbonyl (C=O) groups is 1. The van der Waals surface area contributed by atoms with E-state index < -0.39 is 0 Å². The molecule has 1 unspecified atom stereocenters. The molecule has 0 bridgehead atoms. The maximum absolute atomic E-state index is 11.3. The van der Waals surface area contributed by atoms with E-state index in [2.05, 4.69) is 23.1 Å². The van der Waals surface area contributed by atoms with Crippen LogP contribution in [0.5, 0.6) is 0 Å². The van der Waals surface area contributed by atoms with Crippen molar-refractivity contribution in [3.63, 3.8) is 0 Å². The molecule has 0 spiro atoms. The van der Waals surface area contributed by atoms with Crippen molar-refractivity contribution < 1.29 is 4.79 Å². The van der Waals surface area contributed by atoms with Crippen LogP contribution in [0.15, 0.2) is 18.2 Å². The molecule has 2 nitrogen and oxygen atoms in total. The Morgan fingerprint density at radius 1 is 1.29 bits per heavy atom. The third-order valence-electron chi connectivity index (χ3n) is 3.61. The molecule has 0 radical (unpaired) electrons. The van der Waals surface area contributed by atoms with Crippen LogP contribution in [0.3, 0.4) is 0 Å². The van der Waals surface area contributed by atoms with E-state index in [1.165, 1.54) is 36.0 Å². The number of rotatable bonds is 4. The summed E-state index contributed by atoms with van der Waals surface area (Å²) in [6, 6.07) is 6.96. The second-order valence-electron chi connectivity index (χ2n) is 5.27. The number of carbonyl (C=O) groups excluding carboxylic acids is 1. The lowest BCUT2D eigenvalue weighted by Crippen LogP contribution is -2.22. The maximum atomic E-state index is 11.3. The first-order valence-corrected chi connectivity index (χ1v) is 6.35. The van der Waals surface area contributed by atoms with E-state index in [4.69, 9.17) is 0 Å². The molecule has 1 atom stereocenters. The van der Waals surface area contributed by atoms with Crippen LogP contribution in [-0.4, -0.2) is 24.8 Å². The fourth-order valence-electron chi connectivity index (χ4n) is 2.67. The van der Waals surface area contributed by atoms with E-state index in [1.807, 2.05) is 14.1 Å². The number of benzene rings is 1. The molecule has 92 valence electrons. The zero-order valence-corrected chi connectivity index (χ0v) is 11.0. The molecule has 17 heavy (non-hydrogen) atoms. The van der Waals surface area contributed by atoms with Gasteiger partial charge in [-0.05, 0) is 57.0 Å². The standard InChI is InChI=1S/C15H21NO/c1-11(17)9-15(16(2)3)14-8-7-12-5-4-6-13(12)10-14/h7-8,10,15H,4-6,9H2,1-3H3. The normalized spacial score (nSPS) is 16.0. The monoisotopic (exact) mass is 231 g/mol. The van der Waals surface area contributed by atoms with Gasteiger partial charge in [-0.2, -0.15) is 0 Å². The van der Waals surface area contributed by atoms with Crippen molar-refractivity contribution >= 4 is 5.78 Å². The zero-order valence-electron chi connectivity index (χ0n) is 11.0. The van der Waals surface area contributed by atoms with Gasteiger partial charge in [-0.1, -0.05) is 18.2 Å². The van der Waals surface area contributed by atoms with Gasteiger partial charge in [0.1, 0.15) is 5.78 Å². The van der Waals surface area contributed by atoms with Crippen molar-refractivity contribution in [1.29, 1.82) is 0 Å². The summed E-state index contributed by atoms with van der Waals surface area (Å²) < 4.78 is 0. The number of hydrogen-bond acceptors (Lipinski definition) is 2. The molecule has 1 aromatic rings. The van der Waals surface area contributed by atoms with Crippen LogP contribution in [0, 0.1) is 0 Å². The van der Waals surface area contributed by atoms with E-state index in [0.29, 0.717) is 6.42 Å². The summed E-state index contributed by atoms with van der Waals surface area (Å²) in [6.07, 6.45) is 4.29. The Labute approximate surface area is 104 Å². The average molecular weight is 231 g/mol. The number of nitrogens with zero attached hydrogens (tertiary/aromatic N) is 1. The van der Waals surface area contributed by atoms with Gasteiger partial charge in [-0.3, -0.25) is 4.79 Å². The lowest BCUT2D eigenvalue weighted by molar-refractivity contribution is -0.118. The van der Waals surface area contributed by atoms with E-state index in [1.54, 1.807) is 6.92 Å². The van der Waals surface area contributed by atoms with Gasteiger partial charge in [0, 0.05) is 12.5 Å². The molecule has 1 aliphatic carbocycles. The van der Waals surface area contributed by atoms with Crippen LogP contribution in [0.2, 0.25) is 0 Å². The second kappa shape index (κ2) is 5.01. The van der Waals surface area contributed by atoms with Crippen LogP contribution in [0.25, 0.3) is 0 Å². The van der Waals surface area contributed by atoms with Gasteiger partial charge in [0.2, 0.25) is 0 Å². The summed E-state index contributed by atoms with van der Waals surface area (Å²) in [7, 11) is 4.08. The third kappa shape index (κ3) is 2.75. The van der Waals surface area contributed by atoms with Gasteiger partial charge in [0.25, 0.3) is 0 Å². The summed E-state index contributed by atoms with van der Waals surface area (Å²) >= 11 is 0. The zero-order chi connectivity index (χ0) is 12.4. The average Bonchev–Trinajstić information content (AvgIpc) is 2.72. The Morgan fingerprint density at radius 3 is 2.65 bits per heavy atom. The molecule has 0 N–H and O–H groups in total. The predicted molar refractivity (Wildman–Crippen MR) is 70.2 cm³/mol. The fraction of sp³-hybridized carbons (Fsp3) is 0.533. The topological polar surface area (TPSA) is 20.3 Å². The van der Waals surface area contributed by atoms with Gasteiger partial charge in [-0.15, -0.1) is 0 Å². The van der Waals surface area contributed by atoms with Crippen LogP contribution < -0.4 is 0 Å². The summed E-state index contributed by atoms with van der Waals surface area (Å²) in [5.41, 5.74) is 4.26. The van der Waals surface area contributed by atoms with Gasteiger partial charge in [0.15, 0.2) is 0 Å². The summed E-state index contributed by atoms with van der Waals surface area (Å²) in [5.74, 6) is 0.254. The first-order valence-electron chi connectivity index (χ1n) is 6.35. The highest BCUT2D eigenvalue weighted by molar-refractivity contribution is 5.76. The minimum Gasteiger partial charge on any atom is -0.302 e. The number of ketones is 1. The molecule has 2 rings (SSSR count). The SMILES string of the molecule is CC(=O)CC(c1ccc2c(c1)CCC2)N(C)C. The van der Waals surface area contributed by atoms with Gasteiger partial charge in [-0.25, -0.2) is 0 Å².